The highest BCUT2D eigenvalue weighted by Gasteiger charge is 2.33. The van der Waals surface area contributed by atoms with E-state index in [0.29, 0.717) is 23.2 Å². The van der Waals surface area contributed by atoms with E-state index >= 15 is 0 Å². The van der Waals surface area contributed by atoms with Crippen LogP contribution in [0.1, 0.15) is 37.6 Å². The smallest absolute Gasteiger partial charge is 0.147 e. The second-order valence-corrected chi connectivity index (χ2v) is 6.55. The lowest BCUT2D eigenvalue weighted by atomic mass is 9.91. The monoisotopic (exact) mass is 329 g/mol. The minimum absolute atomic E-state index is 0.206. The molecule has 0 spiro atoms. The Morgan fingerprint density at radius 1 is 1.54 bits per heavy atom. The number of allylic oxidation sites excluding steroid dienone is 2. The molecule has 0 saturated carbocycles. The van der Waals surface area contributed by atoms with Gasteiger partial charge in [0.15, 0.2) is 0 Å². The highest BCUT2D eigenvalue weighted by atomic mass is 19.1. The van der Waals surface area contributed by atoms with Crippen molar-refractivity contribution in [3.63, 3.8) is 0 Å². The van der Waals surface area contributed by atoms with Crippen LogP contribution in [0.5, 0.6) is 0 Å². The van der Waals surface area contributed by atoms with Crippen LogP contribution < -0.4 is 11.1 Å². The molecule has 0 amide bonds. The van der Waals surface area contributed by atoms with Crippen molar-refractivity contribution in [1.29, 1.82) is 5.41 Å². The Bertz CT molecular complexity index is 724. The topological polar surface area (TPSA) is 78.0 Å². The highest BCUT2D eigenvalue weighted by Crippen LogP contribution is 2.34. The molecular formula is C18H24FN5. The van der Waals surface area contributed by atoms with Crippen LogP contribution in [0.3, 0.4) is 0 Å². The fourth-order valence-electron chi connectivity index (χ4n) is 3.56. The Morgan fingerprint density at radius 3 is 3.00 bits per heavy atom. The molecule has 0 radical (unpaired) electrons. The van der Waals surface area contributed by atoms with Gasteiger partial charge in [-0.2, -0.15) is 0 Å². The predicted molar refractivity (Wildman–Crippen MR) is 94.4 cm³/mol. The maximum atomic E-state index is 14.5. The Hall–Kier alpha value is -2.21. The fraction of sp³-hybridized carbons (Fsp3) is 0.444. The first-order chi connectivity index (χ1) is 11.4. The molecule has 0 bridgehead atoms. The molecule has 2 heterocycles. The summed E-state index contributed by atoms with van der Waals surface area (Å²) in [6.07, 6.45) is 7.40. The number of hydrogen-bond donors (Lipinski definition) is 3. The molecule has 5 nitrogen and oxygen atoms in total. The van der Waals surface area contributed by atoms with E-state index in [1.165, 1.54) is 11.8 Å². The first-order valence-corrected chi connectivity index (χ1v) is 8.26. The molecule has 3 rings (SSSR count). The molecule has 128 valence electrons. The van der Waals surface area contributed by atoms with E-state index in [9.17, 15) is 4.39 Å². The van der Waals surface area contributed by atoms with E-state index in [-0.39, 0.29) is 17.6 Å². The molecule has 4 N–H and O–H groups in total. The number of anilines is 1. The number of fused-ring (bicyclic) bond motifs is 1. The zero-order valence-electron chi connectivity index (χ0n) is 14.3. The molecular weight excluding hydrogens is 305 g/mol. The number of halogens is 1. The SMILES string of the molecule is CC(=N)c1cc(F)c(C(C)N(C)C2=CC=CC3NCCC23)nc1N. The predicted octanol–water partition coefficient (Wildman–Crippen LogP) is 2.62. The average Bonchev–Trinajstić information content (AvgIpc) is 3.03. The second kappa shape index (κ2) is 6.36. The van der Waals surface area contributed by atoms with Gasteiger partial charge in [0.05, 0.1) is 6.04 Å². The van der Waals surface area contributed by atoms with Crippen LogP contribution >= 0.6 is 0 Å². The maximum Gasteiger partial charge on any atom is 0.147 e. The lowest BCUT2D eigenvalue weighted by molar-refractivity contribution is 0.274. The van der Waals surface area contributed by atoms with Crippen molar-refractivity contribution < 1.29 is 4.39 Å². The second-order valence-electron chi connectivity index (χ2n) is 6.55. The van der Waals surface area contributed by atoms with Gasteiger partial charge in [0, 0.05) is 36.0 Å². The largest absolute Gasteiger partial charge is 0.383 e. The van der Waals surface area contributed by atoms with Gasteiger partial charge in [0.1, 0.15) is 17.3 Å². The minimum atomic E-state index is -0.418. The van der Waals surface area contributed by atoms with Crippen LogP contribution in [0, 0.1) is 17.1 Å². The van der Waals surface area contributed by atoms with Gasteiger partial charge in [-0.1, -0.05) is 12.2 Å². The summed E-state index contributed by atoms with van der Waals surface area (Å²) in [4.78, 5) is 6.33. The van der Waals surface area contributed by atoms with Crippen molar-refractivity contribution in [2.45, 2.75) is 32.4 Å². The summed E-state index contributed by atoms with van der Waals surface area (Å²) in [6, 6.07) is 1.43. The number of nitrogens with one attached hydrogen (secondary N) is 2. The van der Waals surface area contributed by atoms with Crippen LogP contribution in [0.2, 0.25) is 0 Å². The van der Waals surface area contributed by atoms with Crippen molar-refractivity contribution in [2.24, 2.45) is 5.92 Å². The summed E-state index contributed by atoms with van der Waals surface area (Å²) in [5.41, 5.74) is 7.99. The molecule has 6 heteroatoms. The quantitative estimate of drug-likeness (QED) is 0.742. The van der Waals surface area contributed by atoms with Crippen molar-refractivity contribution in [3.8, 4) is 0 Å². The standard InChI is InChI=1S/C18H24FN5/c1-10(20)13-9-14(19)17(23-18(13)21)11(2)24(3)16-6-4-5-15-12(16)7-8-22-15/h4-6,9,11-12,15,20,22H,7-8H2,1-3H3,(H2,21,23). The number of nitrogen functional groups attached to an aromatic ring is 1. The molecule has 0 aromatic carbocycles. The Morgan fingerprint density at radius 2 is 2.29 bits per heavy atom. The Kier molecular flexibility index (Phi) is 4.41. The number of hydrogen-bond acceptors (Lipinski definition) is 5. The minimum Gasteiger partial charge on any atom is -0.383 e. The van der Waals surface area contributed by atoms with Gasteiger partial charge in [0.25, 0.3) is 0 Å². The van der Waals surface area contributed by atoms with Crippen molar-refractivity contribution in [3.05, 3.63) is 47.1 Å². The van der Waals surface area contributed by atoms with Crippen molar-refractivity contribution in [2.75, 3.05) is 19.3 Å². The number of nitrogens with zero attached hydrogens (tertiary/aromatic N) is 2. The maximum absolute atomic E-state index is 14.5. The number of nitrogens with two attached hydrogens (primary N) is 1. The summed E-state index contributed by atoms with van der Waals surface area (Å²) in [7, 11) is 1.97. The average molecular weight is 329 g/mol. The lowest BCUT2D eigenvalue weighted by Gasteiger charge is -2.35. The van der Waals surface area contributed by atoms with E-state index < -0.39 is 5.82 Å². The van der Waals surface area contributed by atoms with E-state index in [1.54, 1.807) is 6.92 Å². The van der Waals surface area contributed by atoms with Gasteiger partial charge < -0.3 is 21.4 Å². The lowest BCUT2D eigenvalue weighted by Crippen LogP contribution is -2.34. The third kappa shape index (κ3) is 2.82. The van der Waals surface area contributed by atoms with Crippen LogP contribution in [-0.4, -0.2) is 35.2 Å². The van der Waals surface area contributed by atoms with E-state index in [1.807, 2.05) is 14.0 Å². The Balaban J connectivity index is 1.90. The molecule has 1 aliphatic heterocycles. The third-order valence-corrected chi connectivity index (χ3v) is 5.05. The molecule has 1 saturated heterocycles. The molecule has 1 aromatic heterocycles. The molecule has 24 heavy (non-hydrogen) atoms. The summed E-state index contributed by atoms with van der Waals surface area (Å²) in [5.74, 6) is 0.196. The number of pyridine rings is 1. The van der Waals surface area contributed by atoms with Crippen LogP contribution in [0.4, 0.5) is 10.2 Å². The summed E-state index contributed by atoms with van der Waals surface area (Å²) in [6.45, 7) is 4.50. The first kappa shape index (κ1) is 16.6. The number of aromatic nitrogens is 1. The number of rotatable bonds is 4. The summed E-state index contributed by atoms with van der Waals surface area (Å²) in [5, 5.41) is 11.1. The fourth-order valence-corrected chi connectivity index (χ4v) is 3.56. The molecule has 3 atom stereocenters. The van der Waals surface area contributed by atoms with Crippen LogP contribution in [0.15, 0.2) is 30.0 Å². The molecule has 3 unspecified atom stereocenters. The normalized spacial score (nSPS) is 23.6. The first-order valence-electron chi connectivity index (χ1n) is 8.26. The molecule has 2 aliphatic rings. The summed E-state index contributed by atoms with van der Waals surface area (Å²) < 4.78 is 14.5. The molecule has 1 aliphatic carbocycles. The summed E-state index contributed by atoms with van der Waals surface area (Å²) >= 11 is 0. The van der Waals surface area contributed by atoms with Gasteiger partial charge >= 0.3 is 0 Å². The van der Waals surface area contributed by atoms with Gasteiger partial charge in [-0.15, -0.1) is 0 Å². The zero-order chi connectivity index (χ0) is 17.4. The van der Waals surface area contributed by atoms with Gasteiger partial charge in [-0.25, -0.2) is 9.37 Å². The highest BCUT2D eigenvalue weighted by molar-refractivity contribution is 6.00. The van der Waals surface area contributed by atoms with Crippen molar-refractivity contribution >= 4 is 11.5 Å². The van der Waals surface area contributed by atoms with Crippen LogP contribution in [-0.2, 0) is 0 Å². The van der Waals surface area contributed by atoms with Gasteiger partial charge in [-0.3, -0.25) is 0 Å². The van der Waals surface area contributed by atoms with E-state index in [0.717, 1.165) is 13.0 Å². The zero-order valence-corrected chi connectivity index (χ0v) is 14.3. The third-order valence-electron chi connectivity index (χ3n) is 5.05. The Labute approximate surface area is 142 Å². The van der Waals surface area contributed by atoms with Crippen molar-refractivity contribution in [1.82, 2.24) is 15.2 Å². The molecule has 1 aromatic rings. The van der Waals surface area contributed by atoms with Gasteiger partial charge in [0.2, 0.25) is 0 Å². The molecule has 1 fully saturated rings. The van der Waals surface area contributed by atoms with E-state index in [4.69, 9.17) is 11.1 Å². The van der Waals surface area contributed by atoms with Gasteiger partial charge in [-0.05, 0) is 39.0 Å². The van der Waals surface area contributed by atoms with Crippen LogP contribution in [0.25, 0.3) is 0 Å². The van der Waals surface area contributed by atoms with E-state index in [2.05, 4.69) is 33.4 Å².